The van der Waals surface area contributed by atoms with Gasteiger partial charge in [-0.3, -0.25) is 29.4 Å². The van der Waals surface area contributed by atoms with E-state index in [1.54, 1.807) is 4.90 Å². The zero-order valence-corrected chi connectivity index (χ0v) is 20.6. The number of likely N-dealkylation sites (tertiary alicyclic amines) is 1. The average molecular weight is 504 g/mol. The summed E-state index contributed by atoms with van der Waals surface area (Å²) in [5.41, 5.74) is 5.58. The fourth-order valence-electron chi connectivity index (χ4n) is 5.49. The minimum atomic E-state index is -0.606. The predicted octanol–water partition coefficient (Wildman–Crippen LogP) is 2.30. The molecule has 192 valence electrons. The molecule has 1 atom stereocenters. The van der Waals surface area contributed by atoms with E-state index in [2.05, 4.69) is 22.3 Å². The number of hydrogen-bond donors (Lipinski definition) is 2. The number of nitrogens with one attached hydrogen (secondary N) is 1. The maximum absolute atomic E-state index is 13.0. The minimum Gasteiger partial charge on any atom is -0.483 e. The quantitative estimate of drug-likeness (QED) is 0.413. The van der Waals surface area contributed by atoms with Crippen molar-refractivity contribution in [1.29, 1.82) is 0 Å². The molecule has 5 heterocycles. The summed E-state index contributed by atoms with van der Waals surface area (Å²) in [7, 11) is 2.01. The van der Waals surface area contributed by atoms with Crippen LogP contribution < -0.4 is 5.32 Å². The second-order valence-corrected chi connectivity index (χ2v) is 9.69. The molecule has 0 aliphatic carbocycles. The first-order valence-corrected chi connectivity index (χ1v) is 12.4. The lowest BCUT2D eigenvalue weighted by Crippen LogP contribution is -2.52. The Morgan fingerprint density at radius 2 is 1.89 bits per heavy atom. The van der Waals surface area contributed by atoms with E-state index in [0.717, 1.165) is 42.1 Å². The van der Waals surface area contributed by atoms with Crippen LogP contribution in [0.1, 0.15) is 47.2 Å². The van der Waals surface area contributed by atoms with Gasteiger partial charge in [0.2, 0.25) is 11.8 Å². The number of hydrogen-bond acceptors (Lipinski definition) is 6. The zero-order chi connectivity index (χ0) is 26.1. The molecule has 37 heavy (non-hydrogen) atoms. The molecule has 1 unspecified atom stereocenters. The molecular weight excluding hydrogens is 474 g/mol. The third kappa shape index (κ3) is 4.72. The van der Waals surface area contributed by atoms with E-state index in [9.17, 15) is 14.4 Å². The number of carbonyl (C=O) groups excluding carboxylic acids is 3. The summed E-state index contributed by atoms with van der Waals surface area (Å²) in [4.78, 5) is 54.3. The Hall–Kier alpha value is -4.05. The second kappa shape index (κ2) is 10.1. The van der Waals surface area contributed by atoms with Crippen LogP contribution in [0.25, 0.3) is 22.3 Å². The fourth-order valence-corrected chi connectivity index (χ4v) is 5.49. The number of carboxylic acid groups (broad SMARTS) is 1. The summed E-state index contributed by atoms with van der Waals surface area (Å²) in [6, 6.07) is 9.52. The first-order chi connectivity index (χ1) is 17.9. The number of nitrogens with zero attached hydrogens (tertiary/aromatic N) is 4. The highest BCUT2D eigenvalue weighted by atomic mass is 16.3. The van der Waals surface area contributed by atoms with Crippen LogP contribution in [-0.4, -0.2) is 67.8 Å². The van der Waals surface area contributed by atoms with E-state index in [-0.39, 0.29) is 30.6 Å². The number of piperidine rings is 1. The molecule has 0 spiro atoms. The Morgan fingerprint density at radius 1 is 1.14 bits per heavy atom. The van der Waals surface area contributed by atoms with Crippen molar-refractivity contribution in [2.45, 2.75) is 44.8 Å². The van der Waals surface area contributed by atoms with Crippen LogP contribution in [0.15, 0.2) is 36.5 Å². The molecule has 3 aliphatic rings. The van der Waals surface area contributed by atoms with Crippen molar-refractivity contribution in [3.05, 3.63) is 53.2 Å². The number of benzene rings is 1. The first kappa shape index (κ1) is 24.6. The van der Waals surface area contributed by atoms with Gasteiger partial charge in [0.25, 0.3) is 12.4 Å². The minimum absolute atomic E-state index is 0.156. The maximum atomic E-state index is 13.0. The average Bonchev–Trinajstić information content (AvgIpc) is 3.60. The van der Waals surface area contributed by atoms with Gasteiger partial charge in [0.1, 0.15) is 11.7 Å². The molecule has 2 fully saturated rings. The number of imide groups is 1. The third-order valence-corrected chi connectivity index (χ3v) is 7.33. The summed E-state index contributed by atoms with van der Waals surface area (Å²) >= 11 is 0. The highest BCUT2D eigenvalue weighted by Crippen LogP contribution is 2.32. The van der Waals surface area contributed by atoms with Gasteiger partial charge in [0.15, 0.2) is 0 Å². The van der Waals surface area contributed by atoms with Gasteiger partial charge in [-0.25, -0.2) is 4.98 Å². The van der Waals surface area contributed by atoms with Crippen molar-refractivity contribution in [3.63, 3.8) is 0 Å². The van der Waals surface area contributed by atoms with E-state index in [0.29, 0.717) is 18.5 Å². The second-order valence-electron chi connectivity index (χ2n) is 9.69. The molecule has 10 heteroatoms. The molecular formula is C27H29N5O5. The molecule has 2 aromatic heterocycles. The summed E-state index contributed by atoms with van der Waals surface area (Å²) in [5, 5.41) is 10.4. The van der Waals surface area contributed by atoms with Crippen LogP contribution in [-0.2, 0) is 34.5 Å². The Labute approximate surface area is 213 Å². The largest absolute Gasteiger partial charge is 0.483 e. The highest BCUT2D eigenvalue weighted by molar-refractivity contribution is 6.05. The van der Waals surface area contributed by atoms with Crippen LogP contribution in [0, 0.1) is 0 Å². The van der Waals surface area contributed by atoms with Crippen molar-refractivity contribution >= 4 is 35.2 Å². The van der Waals surface area contributed by atoms with Gasteiger partial charge < -0.3 is 14.6 Å². The molecule has 3 aliphatic heterocycles. The Kier molecular flexibility index (Phi) is 6.75. The molecule has 0 saturated carbocycles. The van der Waals surface area contributed by atoms with Gasteiger partial charge in [-0.15, -0.1) is 0 Å². The third-order valence-electron chi connectivity index (χ3n) is 7.33. The van der Waals surface area contributed by atoms with Crippen LogP contribution in [0.4, 0.5) is 0 Å². The molecule has 3 amide bonds. The van der Waals surface area contributed by atoms with E-state index in [1.807, 2.05) is 36.0 Å². The molecule has 2 N–H and O–H groups in total. The Bertz CT molecular complexity index is 1390. The van der Waals surface area contributed by atoms with Crippen molar-refractivity contribution in [1.82, 2.24) is 24.7 Å². The summed E-state index contributed by atoms with van der Waals surface area (Å²) < 4.78 is 2.05. The van der Waals surface area contributed by atoms with Gasteiger partial charge in [-0.2, -0.15) is 0 Å². The normalized spacial score (nSPS) is 19.5. The summed E-state index contributed by atoms with van der Waals surface area (Å²) in [5.74, 6) is -0.823. The predicted molar refractivity (Wildman–Crippen MR) is 135 cm³/mol. The fraction of sp³-hybridized carbons (Fsp3) is 0.370. The number of aromatic nitrogens is 2. The Balaban J connectivity index is 0.000000892. The number of carbonyl (C=O) groups is 4. The Morgan fingerprint density at radius 3 is 2.62 bits per heavy atom. The zero-order valence-electron chi connectivity index (χ0n) is 20.6. The van der Waals surface area contributed by atoms with Gasteiger partial charge >= 0.3 is 0 Å². The lowest BCUT2D eigenvalue weighted by Gasteiger charge is -2.29. The number of aryl methyl sites for hydroxylation is 1. The molecule has 6 rings (SSSR count). The molecule has 0 radical (unpaired) electrons. The SMILES string of the molecule is Cn1ccc2c(CN3CCCC3)cc(-c3ccc4c(c3)CN(C3CCC(=O)NC3=O)C4=O)nc21.O=CO. The molecule has 3 aromatic rings. The van der Waals surface area contributed by atoms with E-state index < -0.39 is 6.04 Å². The number of pyridine rings is 1. The van der Waals surface area contributed by atoms with Crippen molar-refractivity contribution < 1.29 is 24.3 Å². The van der Waals surface area contributed by atoms with Gasteiger partial charge in [0.05, 0.1) is 5.69 Å². The van der Waals surface area contributed by atoms with E-state index in [4.69, 9.17) is 14.9 Å². The lowest BCUT2D eigenvalue weighted by atomic mass is 10.0. The molecule has 2 saturated heterocycles. The summed E-state index contributed by atoms with van der Waals surface area (Å²) in [6.07, 6.45) is 5.16. The molecule has 1 aromatic carbocycles. The topological polar surface area (TPSA) is 125 Å². The van der Waals surface area contributed by atoms with E-state index >= 15 is 0 Å². The highest BCUT2D eigenvalue weighted by Gasteiger charge is 2.39. The lowest BCUT2D eigenvalue weighted by molar-refractivity contribution is -0.137. The van der Waals surface area contributed by atoms with Gasteiger partial charge in [-0.05, 0) is 67.7 Å². The first-order valence-electron chi connectivity index (χ1n) is 12.4. The van der Waals surface area contributed by atoms with Crippen molar-refractivity contribution in [2.24, 2.45) is 7.05 Å². The van der Waals surface area contributed by atoms with Crippen LogP contribution >= 0.6 is 0 Å². The number of amides is 3. The number of rotatable bonds is 4. The monoisotopic (exact) mass is 503 g/mol. The van der Waals surface area contributed by atoms with E-state index in [1.165, 1.54) is 23.8 Å². The molecule has 10 nitrogen and oxygen atoms in total. The maximum Gasteiger partial charge on any atom is 0.290 e. The number of fused-ring (bicyclic) bond motifs is 2. The smallest absolute Gasteiger partial charge is 0.290 e. The molecule has 0 bridgehead atoms. The van der Waals surface area contributed by atoms with Crippen LogP contribution in [0.3, 0.4) is 0 Å². The summed E-state index contributed by atoms with van der Waals surface area (Å²) in [6.45, 7) is 3.27. The van der Waals surface area contributed by atoms with Crippen LogP contribution in [0.2, 0.25) is 0 Å². The standard InChI is InChI=1S/C26H27N5O3.CH2O2/c1-29-11-8-19-18(14-30-9-2-3-10-30)13-21(27-24(19)29)16-4-5-20-17(12-16)15-31(26(20)34)22-6-7-23(32)28-25(22)33;2-1-3/h4-5,8,11-13,22H,2-3,6-7,9-10,14-15H2,1H3,(H,28,32,33);1H,(H,2,3). The van der Waals surface area contributed by atoms with Crippen molar-refractivity contribution in [3.8, 4) is 11.3 Å². The van der Waals surface area contributed by atoms with Crippen molar-refractivity contribution in [2.75, 3.05) is 13.1 Å². The van der Waals surface area contributed by atoms with Gasteiger partial charge in [-0.1, -0.05) is 6.07 Å². The van der Waals surface area contributed by atoms with Gasteiger partial charge in [0, 0.05) is 49.3 Å². The van der Waals surface area contributed by atoms with Crippen LogP contribution in [0.5, 0.6) is 0 Å².